The molecule has 0 aromatic heterocycles. The Kier molecular flexibility index (Phi) is 3.99. The highest BCUT2D eigenvalue weighted by atomic mass is 16.5. The van der Waals surface area contributed by atoms with Crippen molar-refractivity contribution in [3.63, 3.8) is 0 Å². The summed E-state index contributed by atoms with van der Waals surface area (Å²) in [6.07, 6.45) is -0.0803. The Morgan fingerprint density at radius 3 is 2.30 bits per heavy atom. The quantitative estimate of drug-likeness (QED) is 0.328. The van der Waals surface area contributed by atoms with Gasteiger partial charge in [0.15, 0.2) is 0 Å². The maximum atomic E-state index is 10.8. The summed E-state index contributed by atoms with van der Waals surface area (Å²) in [6.45, 7) is 5.23. The van der Waals surface area contributed by atoms with Crippen LogP contribution >= 0.6 is 0 Å². The number of rotatable bonds is 3. The van der Waals surface area contributed by atoms with Gasteiger partial charge in [0.25, 0.3) is 0 Å². The average molecular weight is 146 g/mol. The molecule has 0 aliphatic rings. The van der Waals surface area contributed by atoms with Crippen molar-refractivity contribution in [2.45, 2.75) is 32.9 Å². The van der Waals surface area contributed by atoms with Crippen LogP contribution in [-0.4, -0.2) is 18.1 Å². The Hall–Kier alpha value is -0.610. The first-order valence-electron chi connectivity index (χ1n) is 3.24. The fraction of sp³-hybridized carbons (Fsp3) is 0.833. The van der Waals surface area contributed by atoms with Gasteiger partial charge in [-0.1, -0.05) is 0 Å². The molecular formula is C6H14N2O2. The second-order valence-corrected chi connectivity index (χ2v) is 2.37. The number of carbonyl (C=O) groups excluding carboxylic acids is 1. The van der Waals surface area contributed by atoms with Crippen LogP contribution < -0.4 is 11.3 Å². The maximum Gasteiger partial charge on any atom is 0.324 e. The lowest BCUT2D eigenvalue weighted by Gasteiger charge is -2.11. The van der Waals surface area contributed by atoms with E-state index in [1.807, 2.05) is 0 Å². The minimum Gasteiger partial charge on any atom is -0.462 e. The zero-order valence-corrected chi connectivity index (χ0v) is 6.55. The van der Waals surface area contributed by atoms with Crippen molar-refractivity contribution in [1.29, 1.82) is 0 Å². The van der Waals surface area contributed by atoms with E-state index in [-0.39, 0.29) is 12.1 Å². The number of hydrazine groups is 1. The number of ether oxygens (including phenoxy) is 1. The first-order chi connectivity index (χ1) is 4.57. The predicted octanol–water partition coefficient (Wildman–Crippen LogP) is -0.210. The second kappa shape index (κ2) is 4.24. The summed E-state index contributed by atoms with van der Waals surface area (Å²) in [5.74, 6) is 4.68. The fourth-order valence-corrected chi connectivity index (χ4v) is 0.402. The Morgan fingerprint density at radius 1 is 1.50 bits per heavy atom. The Balaban J connectivity index is 3.62. The van der Waals surface area contributed by atoms with Gasteiger partial charge in [-0.05, 0) is 20.8 Å². The molecule has 0 rings (SSSR count). The molecule has 0 bridgehead atoms. The number of nitrogens with one attached hydrogen (secondary N) is 1. The van der Waals surface area contributed by atoms with E-state index in [0.717, 1.165) is 0 Å². The van der Waals surface area contributed by atoms with Crippen molar-refractivity contribution in [2.24, 2.45) is 5.84 Å². The van der Waals surface area contributed by atoms with Gasteiger partial charge in [-0.15, -0.1) is 0 Å². The van der Waals surface area contributed by atoms with Crippen molar-refractivity contribution in [2.75, 3.05) is 0 Å². The fourth-order valence-electron chi connectivity index (χ4n) is 0.402. The second-order valence-electron chi connectivity index (χ2n) is 2.37. The van der Waals surface area contributed by atoms with Gasteiger partial charge in [0.05, 0.1) is 6.10 Å². The van der Waals surface area contributed by atoms with Crippen LogP contribution in [-0.2, 0) is 9.53 Å². The van der Waals surface area contributed by atoms with Gasteiger partial charge in [-0.2, -0.15) is 0 Å². The van der Waals surface area contributed by atoms with Gasteiger partial charge >= 0.3 is 5.97 Å². The van der Waals surface area contributed by atoms with Crippen LogP contribution in [0.2, 0.25) is 0 Å². The molecule has 0 aliphatic heterocycles. The molecule has 1 atom stereocenters. The molecule has 4 nitrogen and oxygen atoms in total. The summed E-state index contributed by atoms with van der Waals surface area (Å²) in [5.41, 5.74) is 2.30. The maximum absolute atomic E-state index is 10.8. The van der Waals surface area contributed by atoms with E-state index < -0.39 is 6.04 Å². The molecule has 4 heteroatoms. The Morgan fingerprint density at radius 2 is 2.00 bits per heavy atom. The zero-order chi connectivity index (χ0) is 8.15. The van der Waals surface area contributed by atoms with E-state index in [1.165, 1.54) is 0 Å². The standard InChI is InChI=1S/C6H14N2O2/c1-4(2)10-6(9)5(3)8-7/h4-5,8H,7H2,1-3H3/t5-/m0/s1. The zero-order valence-electron chi connectivity index (χ0n) is 6.55. The van der Waals surface area contributed by atoms with Crippen molar-refractivity contribution in [3.8, 4) is 0 Å². The van der Waals surface area contributed by atoms with Gasteiger partial charge in [0.1, 0.15) is 6.04 Å². The Bertz CT molecular complexity index is 114. The molecule has 0 spiro atoms. The summed E-state index contributed by atoms with van der Waals surface area (Å²) in [4.78, 5) is 10.8. The number of hydrogen-bond donors (Lipinski definition) is 2. The lowest BCUT2D eigenvalue weighted by molar-refractivity contribution is -0.149. The van der Waals surface area contributed by atoms with Crippen molar-refractivity contribution >= 4 is 5.97 Å². The number of nitrogens with two attached hydrogens (primary N) is 1. The normalized spacial score (nSPS) is 13.3. The van der Waals surface area contributed by atoms with E-state index in [1.54, 1.807) is 20.8 Å². The molecule has 60 valence electrons. The summed E-state index contributed by atoms with van der Waals surface area (Å²) >= 11 is 0. The molecule has 3 N–H and O–H groups in total. The van der Waals surface area contributed by atoms with Crippen LogP contribution in [0.1, 0.15) is 20.8 Å². The highest BCUT2D eigenvalue weighted by Crippen LogP contribution is 1.91. The molecule has 0 radical (unpaired) electrons. The molecule has 0 saturated heterocycles. The SMILES string of the molecule is CC(C)OC(=O)[C@H](C)NN. The van der Waals surface area contributed by atoms with Gasteiger partial charge in [0, 0.05) is 0 Å². The first-order valence-corrected chi connectivity index (χ1v) is 3.24. The summed E-state index contributed by atoms with van der Waals surface area (Å²) < 4.78 is 4.82. The predicted molar refractivity (Wildman–Crippen MR) is 38.0 cm³/mol. The molecule has 0 unspecified atom stereocenters. The van der Waals surface area contributed by atoms with Crippen molar-refractivity contribution in [3.05, 3.63) is 0 Å². The minimum atomic E-state index is -0.428. The minimum absolute atomic E-state index is 0.0803. The molecule has 0 aliphatic carbocycles. The number of carbonyl (C=O) groups is 1. The van der Waals surface area contributed by atoms with Crippen LogP contribution in [0, 0.1) is 0 Å². The van der Waals surface area contributed by atoms with Crippen LogP contribution in [0.3, 0.4) is 0 Å². The molecule has 0 saturated carbocycles. The lowest BCUT2D eigenvalue weighted by atomic mass is 10.3. The van der Waals surface area contributed by atoms with E-state index in [4.69, 9.17) is 10.6 Å². The van der Waals surface area contributed by atoms with Crippen LogP contribution in [0.15, 0.2) is 0 Å². The van der Waals surface area contributed by atoms with Crippen molar-refractivity contribution in [1.82, 2.24) is 5.43 Å². The van der Waals surface area contributed by atoms with E-state index in [9.17, 15) is 4.79 Å². The Labute approximate surface area is 60.7 Å². The lowest BCUT2D eigenvalue weighted by Crippen LogP contribution is -2.40. The van der Waals surface area contributed by atoms with Crippen molar-refractivity contribution < 1.29 is 9.53 Å². The molecule has 0 heterocycles. The summed E-state index contributed by atoms with van der Waals surface area (Å²) in [7, 11) is 0. The third kappa shape index (κ3) is 3.42. The van der Waals surface area contributed by atoms with Gasteiger partial charge in [-0.25, -0.2) is 5.43 Å². The summed E-state index contributed by atoms with van der Waals surface area (Å²) in [6, 6.07) is -0.428. The molecule has 0 amide bonds. The molecular weight excluding hydrogens is 132 g/mol. The van der Waals surface area contributed by atoms with Gasteiger partial charge in [0.2, 0.25) is 0 Å². The highest BCUT2D eigenvalue weighted by Gasteiger charge is 2.12. The molecule has 10 heavy (non-hydrogen) atoms. The highest BCUT2D eigenvalue weighted by molar-refractivity contribution is 5.75. The van der Waals surface area contributed by atoms with Gasteiger partial charge in [-0.3, -0.25) is 10.6 Å². The third-order valence-electron chi connectivity index (χ3n) is 0.955. The third-order valence-corrected chi connectivity index (χ3v) is 0.955. The van der Waals surface area contributed by atoms with Gasteiger partial charge < -0.3 is 4.74 Å². The monoisotopic (exact) mass is 146 g/mol. The van der Waals surface area contributed by atoms with Crippen LogP contribution in [0.25, 0.3) is 0 Å². The summed E-state index contributed by atoms with van der Waals surface area (Å²) in [5, 5.41) is 0. The largest absolute Gasteiger partial charge is 0.462 e. The number of esters is 1. The molecule has 0 aromatic rings. The average Bonchev–Trinajstić information content (AvgIpc) is 1.85. The van der Waals surface area contributed by atoms with Crippen LogP contribution in [0.4, 0.5) is 0 Å². The number of hydrogen-bond acceptors (Lipinski definition) is 4. The van der Waals surface area contributed by atoms with E-state index >= 15 is 0 Å². The van der Waals surface area contributed by atoms with Crippen LogP contribution in [0.5, 0.6) is 0 Å². The van der Waals surface area contributed by atoms with E-state index in [0.29, 0.717) is 0 Å². The first kappa shape index (κ1) is 9.39. The smallest absolute Gasteiger partial charge is 0.324 e. The topological polar surface area (TPSA) is 64.3 Å². The van der Waals surface area contributed by atoms with E-state index in [2.05, 4.69) is 5.43 Å². The molecule has 0 fully saturated rings. The molecule has 0 aromatic carbocycles.